The van der Waals surface area contributed by atoms with E-state index in [2.05, 4.69) is 11.9 Å². The molecule has 1 aromatic heterocycles. The molecule has 1 aromatic rings. The number of rotatable bonds is 4. The van der Waals surface area contributed by atoms with Crippen LogP contribution in [0, 0.1) is 5.92 Å². The molecule has 0 aromatic carbocycles. The average Bonchev–Trinajstić information content (AvgIpc) is 2.78. The second-order valence-corrected chi connectivity index (χ2v) is 5.70. The topological polar surface area (TPSA) is 47.4 Å². The molecule has 0 radical (unpaired) electrons. The van der Waals surface area contributed by atoms with E-state index in [0.717, 1.165) is 31.7 Å². The summed E-state index contributed by atoms with van der Waals surface area (Å²) in [5.74, 6) is 0.890. The fourth-order valence-corrected chi connectivity index (χ4v) is 2.82. The molecular formula is C14H22ClN3O2. The van der Waals surface area contributed by atoms with Crippen LogP contribution in [0.1, 0.15) is 32.0 Å². The molecule has 2 heterocycles. The van der Waals surface area contributed by atoms with Crippen LogP contribution in [0.3, 0.4) is 0 Å². The summed E-state index contributed by atoms with van der Waals surface area (Å²) in [6.07, 6.45) is 4.38. The molecular weight excluding hydrogens is 278 g/mol. The summed E-state index contributed by atoms with van der Waals surface area (Å²) < 4.78 is 7.49. The monoisotopic (exact) mass is 299 g/mol. The normalized spacial score (nSPS) is 22.8. The largest absolute Gasteiger partial charge is 0.377 e. The lowest BCUT2D eigenvalue weighted by Crippen LogP contribution is -2.42. The van der Waals surface area contributed by atoms with Crippen molar-refractivity contribution in [2.24, 2.45) is 13.0 Å². The van der Waals surface area contributed by atoms with Gasteiger partial charge in [0.25, 0.3) is 0 Å². The molecule has 0 spiro atoms. The summed E-state index contributed by atoms with van der Waals surface area (Å²) in [5.41, 5.74) is 0. The first kappa shape index (κ1) is 15.3. The summed E-state index contributed by atoms with van der Waals surface area (Å²) >= 11 is 5.96. The molecule has 5 nitrogen and oxygen atoms in total. The van der Waals surface area contributed by atoms with Gasteiger partial charge >= 0.3 is 0 Å². The predicted octanol–water partition coefficient (Wildman–Crippen LogP) is 2.24. The van der Waals surface area contributed by atoms with Crippen molar-refractivity contribution < 1.29 is 9.53 Å². The van der Waals surface area contributed by atoms with Crippen LogP contribution in [-0.2, 0) is 23.1 Å². The van der Waals surface area contributed by atoms with Crippen molar-refractivity contribution >= 4 is 17.5 Å². The Labute approximate surface area is 124 Å². The lowest BCUT2D eigenvalue weighted by atomic mass is 9.91. The van der Waals surface area contributed by atoms with E-state index in [1.54, 1.807) is 15.7 Å². The Morgan fingerprint density at radius 2 is 2.40 bits per heavy atom. The number of nitrogens with zero attached hydrogens (tertiary/aromatic N) is 3. The molecule has 1 saturated heterocycles. The van der Waals surface area contributed by atoms with Gasteiger partial charge in [0.2, 0.25) is 5.91 Å². The molecule has 0 N–H and O–H groups in total. The van der Waals surface area contributed by atoms with Crippen molar-refractivity contribution in [2.75, 3.05) is 13.7 Å². The van der Waals surface area contributed by atoms with Gasteiger partial charge < -0.3 is 14.2 Å². The maximum atomic E-state index is 12.6. The molecule has 1 fully saturated rings. The number of carbonyl (C=O) groups is 1. The van der Waals surface area contributed by atoms with Crippen molar-refractivity contribution in [3.05, 3.63) is 17.2 Å². The minimum Gasteiger partial charge on any atom is -0.377 e. The van der Waals surface area contributed by atoms with Crippen LogP contribution < -0.4 is 0 Å². The zero-order valence-corrected chi connectivity index (χ0v) is 13.1. The van der Waals surface area contributed by atoms with E-state index in [1.165, 1.54) is 0 Å². The molecule has 20 heavy (non-hydrogen) atoms. The third-order valence-electron chi connectivity index (χ3n) is 3.94. The van der Waals surface area contributed by atoms with Crippen molar-refractivity contribution in [3.8, 4) is 0 Å². The number of aromatic nitrogens is 2. The maximum Gasteiger partial charge on any atom is 0.228 e. The first-order valence-corrected chi connectivity index (χ1v) is 7.45. The van der Waals surface area contributed by atoms with E-state index < -0.39 is 0 Å². The molecule has 2 rings (SSSR count). The maximum absolute atomic E-state index is 12.6. The summed E-state index contributed by atoms with van der Waals surface area (Å²) in [7, 11) is 3.66. The van der Waals surface area contributed by atoms with Gasteiger partial charge in [-0.3, -0.25) is 4.79 Å². The molecule has 1 aliphatic rings. The van der Waals surface area contributed by atoms with Crippen molar-refractivity contribution in [2.45, 2.75) is 38.8 Å². The molecule has 0 saturated carbocycles. The second kappa shape index (κ2) is 6.59. The van der Waals surface area contributed by atoms with Crippen LogP contribution in [0.2, 0.25) is 5.15 Å². The standard InChI is InChI=1S/C14H22ClN3O2/c1-4-11-10(6-5-7-20-11)14(19)17(2)9-13-16-8-12(15)18(13)3/h8,10-11H,4-7,9H2,1-3H3. The van der Waals surface area contributed by atoms with Crippen LogP contribution in [0.4, 0.5) is 0 Å². The molecule has 1 amide bonds. The van der Waals surface area contributed by atoms with E-state index in [-0.39, 0.29) is 17.9 Å². The minimum absolute atomic E-state index is 0.0329. The Morgan fingerprint density at radius 1 is 1.65 bits per heavy atom. The number of carbonyl (C=O) groups excluding carboxylic acids is 1. The van der Waals surface area contributed by atoms with Gasteiger partial charge in [-0.15, -0.1) is 0 Å². The molecule has 0 aliphatic carbocycles. The Hall–Kier alpha value is -1.07. The lowest BCUT2D eigenvalue weighted by Gasteiger charge is -2.32. The first-order chi connectivity index (χ1) is 9.54. The molecule has 2 atom stereocenters. The first-order valence-electron chi connectivity index (χ1n) is 7.07. The second-order valence-electron chi connectivity index (χ2n) is 5.32. The number of hydrogen-bond acceptors (Lipinski definition) is 3. The van der Waals surface area contributed by atoms with E-state index >= 15 is 0 Å². The highest BCUT2D eigenvalue weighted by atomic mass is 35.5. The van der Waals surface area contributed by atoms with Gasteiger partial charge in [0.05, 0.1) is 24.8 Å². The van der Waals surface area contributed by atoms with Crippen LogP contribution in [0.5, 0.6) is 0 Å². The highest BCUT2D eigenvalue weighted by molar-refractivity contribution is 6.29. The smallest absolute Gasteiger partial charge is 0.228 e. The zero-order chi connectivity index (χ0) is 14.7. The van der Waals surface area contributed by atoms with Crippen molar-refractivity contribution in [3.63, 3.8) is 0 Å². The van der Waals surface area contributed by atoms with Crippen LogP contribution in [0.15, 0.2) is 6.20 Å². The number of halogens is 1. The van der Waals surface area contributed by atoms with Crippen molar-refractivity contribution in [1.82, 2.24) is 14.5 Å². The minimum atomic E-state index is -0.0329. The number of ether oxygens (including phenoxy) is 1. The van der Waals surface area contributed by atoms with E-state index in [0.29, 0.717) is 11.7 Å². The van der Waals surface area contributed by atoms with Crippen LogP contribution in [-0.4, -0.2) is 40.1 Å². The van der Waals surface area contributed by atoms with E-state index in [9.17, 15) is 4.79 Å². The summed E-state index contributed by atoms with van der Waals surface area (Å²) in [4.78, 5) is 18.5. The Balaban J connectivity index is 2.02. The van der Waals surface area contributed by atoms with E-state index in [1.807, 2.05) is 14.1 Å². The Morgan fingerprint density at radius 3 is 3.00 bits per heavy atom. The quantitative estimate of drug-likeness (QED) is 0.856. The number of hydrogen-bond donors (Lipinski definition) is 0. The number of amides is 1. The fourth-order valence-electron chi connectivity index (χ4n) is 2.67. The highest BCUT2D eigenvalue weighted by Crippen LogP contribution is 2.25. The predicted molar refractivity (Wildman–Crippen MR) is 77.4 cm³/mol. The molecule has 6 heteroatoms. The van der Waals surface area contributed by atoms with Gasteiger partial charge in [0.15, 0.2) is 0 Å². The van der Waals surface area contributed by atoms with Gasteiger partial charge in [0, 0.05) is 20.7 Å². The van der Waals surface area contributed by atoms with Crippen LogP contribution >= 0.6 is 11.6 Å². The van der Waals surface area contributed by atoms with Crippen molar-refractivity contribution in [1.29, 1.82) is 0 Å². The van der Waals surface area contributed by atoms with Crippen LogP contribution in [0.25, 0.3) is 0 Å². The molecule has 112 valence electrons. The number of imidazole rings is 1. The third kappa shape index (κ3) is 3.15. The Bertz CT molecular complexity index is 475. The zero-order valence-electron chi connectivity index (χ0n) is 12.3. The highest BCUT2D eigenvalue weighted by Gasteiger charge is 2.32. The van der Waals surface area contributed by atoms with E-state index in [4.69, 9.17) is 16.3 Å². The van der Waals surface area contributed by atoms with Gasteiger partial charge in [-0.25, -0.2) is 4.98 Å². The van der Waals surface area contributed by atoms with Gasteiger partial charge in [0.1, 0.15) is 11.0 Å². The summed E-state index contributed by atoms with van der Waals surface area (Å²) in [6, 6.07) is 0. The summed E-state index contributed by atoms with van der Waals surface area (Å²) in [5, 5.41) is 0.577. The molecule has 0 bridgehead atoms. The molecule has 2 unspecified atom stereocenters. The lowest BCUT2D eigenvalue weighted by molar-refractivity contribution is -0.144. The SMILES string of the molecule is CCC1OCCCC1C(=O)N(C)Cc1ncc(Cl)n1C. The third-order valence-corrected chi connectivity index (χ3v) is 4.29. The fraction of sp³-hybridized carbons (Fsp3) is 0.714. The van der Waals surface area contributed by atoms with Gasteiger partial charge in [-0.05, 0) is 19.3 Å². The van der Waals surface area contributed by atoms with Gasteiger partial charge in [-0.2, -0.15) is 0 Å². The molecule has 1 aliphatic heterocycles. The Kier molecular flexibility index (Phi) is 5.05. The average molecular weight is 300 g/mol. The van der Waals surface area contributed by atoms with Gasteiger partial charge in [-0.1, -0.05) is 18.5 Å². The summed E-state index contributed by atoms with van der Waals surface area (Å²) in [6.45, 7) is 3.30.